The Kier molecular flexibility index (Phi) is 17.8. The molecule has 37 heavy (non-hydrogen) atoms. The Bertz CT molecular complexity index is 719. The van der Waals surface area contributed by atoms with Gasteiger partial charge in [0, 0.05) is 5.92 Å². The summed E-state index contributed by atoms with van der Waals surface area (Å²) in [5.41, 5.74) is 2.47. The maximum absolute atomic E-state index is 9.66. The van der Waals surface area contributed by atoms with Gasteiger partial charge in [0.05, 0.1) is 0 Å². The zero-order valence-electron chi connectivity index (χ0n) is 23.9. The van der Waals surface area contributed by atoms with Crippen molar-refractivity contribution in [3.05, 3.63) is 59.7 Å². The molecular weight excluding hydrogens is 452 g/mol. The molecule has 2 nitrogen and oxygen atoms in total. The Morgan fingerprint density at radius 3 is 0.973 bits per heavy atom. The van der Waals surface area contributed by atoms with E-state index < -0.39 is 0 Å². The first-order chi connectivity index (χ1) is 18.2. The molecule has 0 unspecified atom stereocenters. The van der Waals surface area contributed by atoms with E-state index in [2.05, 4.69) is 6.92 Å². The molecule has 0 heterocycles. The molecule has 0 aliphatic heterocycles. The molecule has 2 heteroatoms. The van der Waals surface area contributed by atoms with Gasteiger partial charge in [-0.1, -0.05) is 160 Å². The lowest BCUT2D eigenvalue weighted by atomic mass is 9.86. The van der Waals surface area contributed by atoms with Crippen LogP contribution >= 0.6 is 0 Å². The van der Waals surface area contributed by atoms with Gasteiger partial charge in [0.15, 0.2) is 0 Å². The third-order valence-electron chi connectivity index (χ3n) is 7.94. The van der Waals surface area contributed by atoms with E-state index >= 15 is 0 Å². The molecule has 0 saturated carbocycles. The van der Waals surface area contributed by atoms with Crippen molar-refractivity contribution in [3.8, 4) is 11.5 Å². The molecule has 0 bridgehead atoms. The zero-order chi connectivity index (χ0) is 26.4. The molecule has 0 radical (unpaired) electrons. The molecule has 0 spiro atoms. The number of aromatic hydroxyl groups is 2. The highest BCUT2D eigenvalue weighted by molar-refractivity contribution is 5.37. The first-order valence-corrected chi connectivity index (χ1v) is 15.8. The summed E-state index contributed by atoms with van der Waals surface area (Å²) in [5, 5.41) is 19.3. The largest absolute Gasteiger partial charge is 0.508 e. The second kappa shape index (κ2) is 21.0. The molecule has 208 valence electrons. The van der Waals surface area contributed by atoms with Crippen LogP contribution in [0.3, 0.4) is 0 Å². The van der Waals surface area contributed by atoms with Crippen LogP contribution in [0.5, 0.6) is 11.5 Å². The molecular formula is C35H56O2. The third kappa shape index (κ3) is 15.1. The topological polar surface area (TPSA) is 40.5 Å². The van der Waals surface area contributed by atoms with Crippen molar-refractivity contribution in [2.45, 2.75) is 148 Å². The molecule has 0 aliphatic rings. The normalized spacial score (nSPS) is 11.4. The first kappa shape index (κ1) is 31.3. The summed E-state index contributed by atoms with van der Waals surface area (Å²) in [6, 6.07) is 15.2. The molecule has 2 aromatic carbocycles. The van der Waals surface area contributed by atoms with Crippen molar-refractivity contribution >= 4 is 0 Å². The number of hydrogen-bond donors (Lipinski definition) is 2. The van der Waals surface area contributed by atoms with Crippen LogP contribution < -0.4 is 0 Å². The summed E-state index contributed by atoms with van der Waals surface area (Å²) in [5.74, 6) is 0.941. The van der Waals surface area contributed by atoms with E-state index in [1.165, 1.54) is 140 Å². The first-order valence-electron chi connectivity index (χ1n) is 15.8. The predicted molar refractivity (Wildman–Crippen MR) is 161 cm³/mol. The molecule has 0 saturated heterocycles. The fourth-order valence-corrected chi connectivity index (χ4v) is 5.54. The van der Waals surface area contributed by atoms with Crippen molar-refractivity contribution < 1.29 is 10.2 Å². The van der Waals surface area contributed by atoms with Gasteiger partial charge in [-0.25, -0.2) is 0 Å². The minimum atomic E-state index is 0.312. The van der Waals surface area contributed by atoms with E-state index in [-0.39, 0.29) is 0 Å². The van der Waals surface area contributed by atoms with E-state index in [9.17, 15) is 10.2 Å². The van der Waals surface area contributed by atoms with Crippen LogP contribution in [0, 0.1) is 0 Å². The molecule has 2 N–H and O–H groups in total. The summed E-state index contributed by atoms with van der Waals surface area (Å²) in [6.45, 7) is 2.29. The molecule has 0 aliphatic carbocycles. The monoisotopic (exact) mass is 508 g/mol. The Morgan fingerprint density at radius 2 is 0.676 bits per heavy atom. The number of rotatable bonds is 23. The van der Waals surface area contributed by atoms with Crippen molar-refractivity contribution in [2.75, 3.05) is 0 Å². The number of hydrogen-bond acceptors (Lipinski definition) is 2. The van der Waals surface area contributed by atoms with Gasteiger partial charge in [0.1, 0.15) is 11.5 Å². The maximum Gasteiger partial charge on any atom is 0.115 e. The van der Waals surface area contributed by atoms with E-state index in [1.54, 1.807) is 24.3 Å². The van der Waals surface area contributed by atoms with E-state index in [0.29, 0.717) is 17.4 Å². The Morgan fingerprint density at radius 1 is 0.405 bits per heavy atom. The zero-order valence-corrected chi connectivity index (χ0v) is 23.9. The number of benzene rings is 2. The maximum atomic E-state index is 9.66. The molecule has 2 rings (SSSR count). The summed E-state index contributed by atoms with van der Waals surface area (Å²) < 4.78 is 0. The van der Waals surface area contributed by atoms with Crippen molar-refractivity contribution in [1.29, 1.82) is 0 Å². The van der Waals surface area contributed by atoms with Gasteiger partial charge in [-0.2, -0.15) is 0 Å². The van der Waals surface area contributed by atoms with Crippen molar-refractivity contribution in [3.63, 3.8) is 0 Å². The van der Waals surface area contributed by atoms with Crippen LogP contribution in [0.1, 0.15) is 159 Å². The second-order valence-corrected chi connectivity index (χ2v) is 11.2. The molecule has 0 amide bonds. The van der Waals surface area contributed by atoms with Gasteiger partial charge in [-0.05, 0) is 41.8 Å². The minimum absolute atomic E-state index is 0.312. The average Bonchev–Trinajstić information content (AvgIpc) is 2.91. The molecule has 2 aromatic rings. The lowest BCUT2D eigenvalue weighted by molar-refractivity contribution is 0.474. The SMILES string of the molecule is CCCCCCCCCCCCCCCCCCCCCCC(c1ccc(O)cc1)c1ccc(O)cc1. The van der Waals surface area contributed by atoms with Crippen molar-refractivity contribution in [2.24, 2.45) is 0 Å². The summed E-state index contributed by atoms with van der Waals surface area (Å²) in [7, 11) is 0. The van der Waals surface area contributed by atoms with Gasteiger partial charge in [0.25, 0.3) is 0 Å². The highest BCUT2D eigenvalue weighted by Gasteiger charge is 2.14. The van der Waals surface area contributed by atoms with Gasteiger partial charge in [0.2, 0.25) is 0 Å². The van der Waals surface area contributed by atoms with Gasteiger partial charge in [-0.15, -0.1) is 0 Å². The molecule has 0 fully saturated rings. The Labute approximate surface area is 228 Å². The summed E-state index contributed by atoms with van der Waals surface area (Å²) >= 11 is 0. The molecule has 0 atom stereocenters. The van der Waals surface area contributed by atoms with E-state index in [0.717, 1.165) is 6.42 Å². The van der Waals surface area contributed by atoms with Gasteiger partial charge < -0.3 is 10.2 Å². The van der Waals surface area contributed by atoms with Crippen LogP contribution in [0.2, 0.25) is 0 Å². The Balaban J connectivity index is 1.43. The quantitative estimate of drug-likeness (QED) is 0.146. The third-order valence-corrected chi connectivity index (χ3v) is 7.94. The number of phenolic OH excluding ortho intramolecular Hbond substituents is 2. The smallest absolute Gasteiger partial charge is 0.115 e. The average molecular weight is 509 g/mol. The van der Waals surface area contributed by atoms with Crippen LogP contribution in [0.25, 0.3) is 0 Å². The van der Waals surface area contributed by atoms with Crippen LogP contribution in [0.15, 0.2) is 48.5 Å². The minimum Gasteiger partial charge on any atom is -0.508 e. The Hall–Kier alpha value is -1.96. The standard InChI is InChI=1S/C35H56O2/c1-2-3-4-5-6-7-8-9-10-11-12-13-14-15-16-17-18-19-20-21-22-35(31-23-27-33(36)28-24-31)32-25-29-34(37)30-26-32/h23-30,35-37H,2-22H2,1H3. The van der Waals surface area contributed by atoms with E-state index in [1.807, 2.05) is 24.3 Å². The van der Waals surface area contributed by atoms with Crippen LogP contribution in [0.4, 0.5) is 0 Å². The van der Waals surface area contributed by atoms with E-state index in [4.69, 9.17) is 0 Å². The van der Waals surface area contributed by atoms with Crippen molar-refractivity contribution in [1.82, 2.24) is 0 Å². The molecule has 0 aromatic heterocycles. The fraction of sp³-hybridized carbons (Fsp3) is 0.657. The van der Waals surface area contributed by atoms with Crippen LogP contribution in [-0.2, 0) is 0 Å². The summed E-state index contributed by atoms with van der Waals surface area (Å²) in [6.07, 6.45) is 29.2. The number of phenols is 2. The fourth-order valence-electron chi connectivity index (χ4n) is 5.54. The van der Waals surface area contributed by atoms with Gasteiger partial charge >= 0.3 is 0 Å². The predicted octanol–water partition coefficient (Wildman–Crippen LogP) is 11.4. The highest BCUT2D eigenvalue weighted by Crippen LogP contribution is 2.32. The van der Waals surface area contributed by atoms with Gasteiger partial charge in [-0.3, -0.25) is 0 Å². The lowest BCUT2D eigenvalue weighted by Crippen LogP contribution is -2.01. The van der Waals surface area contributed by atoms with Crippen LogP contribution in [-0.4, -0.2) is 10.2 Å². The second-order valence-electron chi connectivity index (χ2n) is 11.2. The highest BCUT2D eigenvalue weighted by atomic mass is 16.3. The lowest BCUT2D eigenvalue weighted by Gasteiger charge is -2.18. The summed E-state index contributed by atoms with van der Waals surface area (Å²) in [4.78, 5) is 0. The number of unbranched alkanes of at least 4 members (excludes halogenated alkanes) is 19.